The van der Waals surface area contributed by atoms with E-state index in [1.807, 2.05) is 91.8 Å². The first kappa shape index (κ1) is 21.1. The Morgan fingerprint density at radius 2 is 1.75 bits per heavy atom. The number of nitrogens with zero attached hydrogens (tertiary/aromatic N) is 3. The number of carbonyl (C=O) groups excluding carboxylic acids is 1. The van der Waals surface area contributed by atoms with Crippen molar-refractivity contribution in [2.24, 2.45) is 5.10 Å². The molecule has 0 saturated carbocycles. The van der Waals surface area contributed by atoms with E-state index in [0.29, 0.717) is 22.2 Å². The predicted octanol–water partition coefficient (Wildman–Crippen LogP) is 4.74. The summed E-state index contributed by atoms with van der Waals surface area (Å²) < 4.78 is 5.34. The van der Waals surface area contributed by atoms with E-state index < -0.39 is 0 Å². The minimum absolute atomic E-state index is 0.316. The highest BCUT2D eigenvalue weighted by Crippen LogP contribution is 2.27. The zero-order valence-corrected chi connectivity index (χ0v) is 18.2. The molecule has 0 unspecified atom stereocenters. The van der Waals surface area contributed by atoms with Crippen LogP contribution in [-0.2, 0) is 0 Å². The van der Waals surface area contributed by atoms with E-state index in [9.17, 15) is 4.79 Å². The summed E-state index contributed by atoms with van der Waals surface area (Å²) in [5, 5.41) is 4.86. The van der Waals surface area contributed by atoms with Crippen LogP contribution in [0, 0.1) is 0 Å². The lowest BCUT2D eigenvalue weighted by Crippen LogP contribution is -2.18. The van der Waals surface area contributed by atoms with Gasteiger partial charge in [0.25, 0.3) is 5.91 Å². The minimum atomic E-state index is -0.316. The van der Waals surface area contributed by atoms with Gasteiger partial charge in [-0.25, -0.2) is 10.4 Å². The van der Waals surface area contributed by atoms with Crippen LogP contribution >= 0.6 is 0 Å². The van der Waals surface area contributed by atoms with Gasteiger partial charge in [-0.3, -0.25) is 4.79 Å². The van der Waals surface area contributed by atoms with E-state index in [4.69, 9.17) is 9.72 Å². The van der Waals surface area contributed by atoms with E-state index in [0.717, 1.165) is 22.5 Å². The Labute approximate surface area is 187 Å². The summed E-state index contributed by atoms with van der Waals surface area (Å²) in [5.74, 6) is 0.342. The summed E-state index contributed by atoms with van der Waals surface area (Å²) >= 11 is 0. The van der Waals surface area contributed by atoms with Gasteiger partial charge in [-0.05, 0) is 42.0 Å². The second kappa shape index (κ2) is 9.31. The van der Waals surface area contributed by atoms with Crippen molar-refractivity contribution in [3.63, 3.8) is 0 Å². The van der Waals surface area contributed by atoms with Gasteiger partial charge in [0.15, 0.2) is 0 Å². The summed E-state index contributed by atoms with van der Waals surface area (Å²) in [4.78, 5) is 19.8. The normalized spacial score (nSPS) is 11.0. The molecule has 4 aromatic rings. The van der Waals surface area contributed by atoms with Crippen molar-refractivity contribution in [2.45, 2.75) is 0 Å². The van der Waals surface area contributed by atoms with Crippen molar-refractivity contribution in [1.29, 1.82) is 0 Å². The van der Waals surface area contributed by atoms with Gasteiger partial charge in [0.2, 0.25) is 0 Å². The van der Waals surface area contributed by atoms with E-state index in [-0.39, 0.29) is 5.91 Å². The Morgan fingerprint density at radius 1 is 1.00 bits per heavy atom. The summed E-state index contributed by atoms with van der Waals surface area (Å²) in [7, 11) is 5.57. The molecule has 0 radical (unpaired) electrons. The Hall–Kier alpha value is -4.19. The van der Waals surface area contributed by atoms with Gasteiger partial charge in [-0.15, -0.1) is 0 Å². The molecule has 3 aromatic carbocycles. The number of methoxy groups -OCH3 is 1. The number of ether oxygens (including phenoxy) is 1. The molecule has 1 amide bonds. The van der Waals surface area contributed by atoms with Crippen LogP contribution in [0.15, 0.2) is 84.0 Å². The van der Waals surface area contributed by atoms with Crippen LogP contribution in [-0.4, -0.2) is 38.3 Å². The average molecular weight is 425 g/mol. The standard InChI is InChI=1S/C26H24N4O2/c1-30(2)20-11-9-18(10-12-20)17-27-29-26(31)23-16-25(19-7-5-4-6-8-19)28-24-14-13-21(32-3)15-22(23)24/h4-17H,1-3H3,(H,29,31). The number of fused-ring (bicyclic) bond motifs is 1. The highest BCUT2D eigenvalue weighted by Gasteiger charge is 2.14. The third kappa shape index (κ3) is 4.59. The molecule has 1 heterocycles. The first-order valence-electron chi connectivity index (χ1n) is 10.2. The minimum Gasteiger partial charge on any atom is -0.497 e. The second-order valence-electron chi connectivity index (χ2n) is 7.49. The maximum atomic E-state index is 13.1. The van der Waals surface area contributed by atoms with Crippen LogP contribution in [0.4, 0.5) is 5.69 Å². The fraction of sp³-hybridized carbons (Fsp3) is 0.115. The smallest absolute Gasteiger partial charge is 0.272 e. The number of nitrogens with one attached hydrogen (secondary N) is 1. The molecule has 0 fully saturated rings. The molecule has 0 atom stereocenters. The van der Waals surface area contributed by atoms with E-state index in [1.54, 1.807) is 19.4 Å². The molecular weight excluding hydrogens is 400 g/mol. The fourth-order valence-electron chi connectivity index (χ4n) is 3.36. The lowest BCUT2D eigenvalue weighted by atomic mass is 10.0. The van der Waals surface area contributed by atoms with Crippen molar-refractivity contribution in [1.82, 2.24) is 10.4 Å². The van der Waals surface area contributed by atoms with Crippen LogP contribution in [0.5, 0.6) is 5.75 Å². The van der Waals surface area contributed by atoms with Crippen molar-refractivity contribution in [3.8, 4) is 17.0 Å². The number of carbonyl (C=O) groups is 1. The molecule has 4 rings (SSSR count). The van der Waals surface area contributed by atoms with Crippen LogP contribution in [0.25, 0.3) is 22.2 Å². The maximum Gasteiger partial charge on any atom is 0.272 e. The molecule has 0 aliphatic heterocycles. The Balaban J connectivity index is 1.65. The topological polar surface area (TPSA) is 66.8 Å². The Morgan fingerprint density at radius 3 is 2.44 bits per heavy atom. The molecule has 160 valence electrons. The second-order valence-corrected chi connectivity index (χ2v) is 7.49. The van der Waals surface area contributed by atoms with Crippen LogP contribution in [0.1, 0.15) is 15.9 Å². The zero-order chi connectivity index (χ0) is 22.5. The van der Waals surface area contributed by atoms with Crippen molar-refractivity contribution in [3.05, 3.63) is 90.0 Å². The van der Waals surface area contributed by atoms with Crippen molar-refractivity contribution < 1.29 is 9.53 Å². The van der Waals surface area contributed by atoms with Crippen LogP contribution in [0.3, 0.4) is 0 Å². The van der Waals surface area contributed by atoms with Gasteiger partial charge >= 0.3 is 0 Å². The van der Waals surface area contributed by atoms with Crippen molar-refractivity contribution >= 4 is 28.7 Å². The number of aromatic nitrogens is 1. The molecule has 1 N–H and O–H groups in total. The average Bonchev–Trinajstić information content (AvgIpc) is 2.83. The van der Waals surface area contributed by atoms with Crippen LogP contribution < -0.4 is 15.1 Å². The zero-order valence-electron chi connectivity index (χ0n) is 18.2. The molecule has 0 aliphatic rings. The third-order valence-corrected chi connectivity index (χ3v) is 5.12. The molecule has 0 spiro atoms. The van der Waals surface area contributed by atoms with Gasteiger partial charge in [-0.1, -0.05) is 42.5 Å². The van der Waals surface area contributed by atoms with E-state index in [1.165, 1.54) is 0 Å². The number of anilines is 1. The first-order valence-corrected chi connectivity index (χ1v) is 10.2. The number of hydrogen-bond acceptors (Lipinski definition) is 5. The predicted molar refractivity (Wildman–Crippen MR) is 130 cm³/mol. The highest BCUT2D eigenvalue weighted by molar-refractivity contribution is 6.07. The van der Waals surface area contributed by atoms with E-state index in [2.05, 4.69) is 10.5 Å². The molecule has 6 heteroatoms. The number of benzene rings is 3. The summed E-state index contributed by atoms with van der Waals surface area (Å²) in [6, 6.07) is 25.0. The lowest BCUT2D eigenvalue weighted by Gasteiger charge is -2.11. The molecule has 0 bridgehead atoms. The third-order valence-electron chi connectivity index (χ3n) is 5.12. The van der Waals surface area contributed by atoms with Gasteiger partial charge in [0, 0.05) is 30.7 Å². The quantitative estimate of drug-likeness (QED) is 0.359. The molecule has 0 saturated heterocycles. The summed E-state index contributed by atoms with van der Waals surface area (Å²) in [6.07, 6.45) is 1.62. The Kier molecular flexibility index (Phi) is 6.12. The van der Waals surface area contributed by atoms with Gasteiger partial charge in [0.1, 0.15) is 5.75 Å². The Bertz CT molecular complexity index is 1270. The number of amides is 1. The first-order chi connectivity index (χ1) is 15.5. The maximum absolute atomic E-state index is 13.1. The molecule has 0 aliphatic carbocycles. The van der Waals surface area contributed by atoms with Gasteiger partial charge in [0.05, 0.1) is 30.1 Å². The number of hydrogen-bond donors (Lipinski definition) is 1. The van der Waals surface area contributed by atoms with Gasteiger partial charge < -0.3 is 9.64 Å². The molecule has 6 nitrogen and oxygen atoms in total. The molecule has 32 heavy (non-hydrogen) atoms. The van der Waals surface area contributed by atoms with E-state index >= 15 is 0 Å². The fourth-order valence-corrected chi connectivity index (χ4v) is 3.36. The highest BCUT2D eigenvalue weighted by atomic mass is 16.5. The molecular formula is C26H24N4O2. The largest absolute Gasteiger partial charge is 0.497 e. The summed E-state index contributed by atoms with van der Waals surface area (Å²) in [6.45, 7) is 0. The molecule has 1 aromatic heterocycles. The summed E-state index contributed by atoms with van der Waals surface area (Å²) in [5.41, 5.74) is 7.47. The van der Waals surface area contributed by atoms with Crippen molar-refractivity contribution in [2.75, 3.05) is 26.1 Å². The monoisotopic (exact) mass is 424 g/mol. The lowest BCUT2D eigenvalue weighted by molar-refractivity contribution is 0.0956. The number of rotatable bonds is 6. The van der Waals surface area contributed by atoms with Crippen LogP contribution in [0.2, 0.25) is 0 Å². The SMILES string of the molecule is COc1ccc2nc(-c3ccccc3)cc(C(=O)NN=Cc3ccc(N(C)C)cc3)c2c1. The van der Waals surface area contributed by atoms with Gasteiger partial charge in [-0.2, -0.15) is 5.10 Å². The number of hydrazone groups is 1. The number of pyridine rings is 1.